The standard InChI is InChI=1S/C16H15F3N2O/c1-21(9-11-2-4-12(17)5-3-11)10-16(22)20-15-8-13(18)6-7-14(15)19/h2-8H,9-10H2,1H3,(H,20,22)/p+1. The van der Waals surface area contributed by atoms with E-state index in [0.717, 1.165) is 28.7 Å². The van der Waals surface area contributed by atoms with Crippen molar-refractivity contribution in [2.75, 3.05) is 18.9 Å². The molecule has 22 heavy (non-hydrogen) atoms. The quantitative estimate of drug-likeness (QED) is 0.867. The lowest BCUT2D eigenvalue weighted by Gasteiger charge is -2.14. The van der Waals surface area contributed by atoms with E-state index in [1.165, 1.54) is 12.1 Å². The summed E-state index contributed by atoms with van der Waals surface area (Å²) in [4.78, 5) is 12.7. The molecular weight excluding hydrogens is 293 g/mol. The van der Waals surface area contributed by atoms with Gasteiger partial charge < -0.3 is 10.2 Å². The molecule has 116 valence electrons. The molecule has 0 aliphatic carbocycles. The molecule has 0 radical (unpaired) electrons. The van der Waals surface area contributed by atoms with Gasteiger partial charge in [-0.05, 0) is 24.3 Å². The number of quaternary nitrogens is 1. The minimum Gasteiger partial charge on any atom is -0.326 e. The van der Waals surface area contributed by atoms with Gasteiger partial charge in [-0.1, -0.05) is 12.1 Å². The van der Waals surface area contributed by atoms with Crippen LogP contribution in [0.25, 0.3) is 0 Å². The molecule has 3 nitrogen and oxygen atoms in total. The summed E-state index contributed by atoms with van der Waals surface area (Å²) in [5, 5.41) is 2.34. The molecule has 0 heterocycles. The maximum atomic E-state index is 13.4. The fourth-order valence-electron chi connectivity index (χ4n) is 2.07. The Balaban J connectivity index is 1.91. The van der Waals surface area contributed by atoms with Crippen molar-refractivity contribution >= 4 is 11.6 Å². The molecule has 0 saturated carbocycles. The van der Waals surface area contributed by atoms with Crippen molar-refractivity contribution in [1.29, 1.82) is 0 Å². The van der Waals surface area contributed by atoms with Gasteiger partial charge in [0.05, 0.1) is 12.7 Å². The molecule has 0 aliphatic rings. The summed E-state index contributed by atoms with van der Waals surface area (Å²) in [6, 6.07) is 8.86. The van der Waals surface area contributed by atoms with Crippen molar-refractivity contribution in [2.45, 2.75) is 6.54 Å². The number of halogens is 3. The molecule has 0 saturated heterocycles. The maximum absolute atomic E-state index is 13.4. The zero-order chi connectivity index (χ0) is 16.1. The summed E-state index contributed by atoms with van der Waals surface area (Å²) < 4.78 is 39.3. The Hall–Kier alpha value is -2.34. The van der Waals surface area contributed by atoms with Gasteiger partial charge in [0.1, 0.15) is 24.0 Å². The van der Waals surface area contributed by atoms with E-state index in [1.54, 1.807) is 19.2 Å². The Kier molecular flexibility index (Phi) is 5.16. The maximum Gasteiger partial charge on any atom is 0.279 e. The van der Waals surface area contributed by atoms with Crippen LogP contribution in [0.5, 0.6) is 0 Å². The van der Waals surface area contributed by atoms with Crippen LogP contribution in [0.15, 0.2) is 42.5 Å². The van der Waals surface area contributed by atoms with Crippen LogP contribution in [0.1, 0.15) is 5.56 Å². The molecular formula is C16H16F3N2O+. The van der Waals surface area contributed by atoms with Crippen molar-refractivity contribution in [3.05, 3.63) is 65.5 Å². The van der Waals surface area contributed by atoms with Crippen molar-refractivity contribution in [1.82, 2.24) is 0 Å². The predicted molar refractivity (Wildman–Crippen MR) is 76.8 cm³/mol. The molecule has 1 amide bonds. The highest BCUT2D eigenvalue weighted by Gasteiger charge is 2.13. The number of anilines is 1. The second-order valence-corrected chi connectivity index (χ2v) is 5.11. The van der Waals surface area contributed by atoms with E-state index >= 15 is 0 Å². The smallest absolute Gasteiger partial charge is 0.279 e. The van der Waals surface area contributed by atoms with E-state index in [4.69, 9.17) is 0 Å². The van der Waals surface area contributed by atoms with Crippen LogP contribution in [0, 0.1) is 17.5 Å². The average Bonchev–Trinajstić information content (AvgIpc) is 2.45. The van der Waals surface area contributed by atoms with Gasteiger partial charge in [0.25, 0.3) is 5.91 Å². The number of carbonyl (C=O) groups excluding carboxylic acids is 1. The number of likely N-dealkylation sites (N-methyl/N-ethyl adjacent to an activating group) is 1. The van der Waals surface area contributed by atoms with Crippen LogP contribution in [0.4, 0.5) is 18.9 Å². The first-order valence-corrected chi connectivity index (χ1v) is 6.74. The van der Waals surface area contributed by atoms with E-state index in [9.17, 15) is 18.0 Å². The number of carbonyl (C=O) groups is 1. The second-order valence-electron chi connectivity index (χ2n) is 5.11. The number of hydrogen-bond acceptors (Lipinski definition) is 1. The minimum atomic E-state index is -0.689. The van der Waals surface area contributed by atoms with Gasteiger partial charge in [-0.15, -0.1) is 0 Å². The number of amides is 1. The molecule has 0 fully saturated rings. The molecule has 1 unspecified atom stereocenters. The first-order valence-electron chi connectivity index (χ1n) is 6.74. The molecule has 1 atom stereocenters. The van der Waals surface area contributed by atoms with Gasteiger partial charge in [-0.25, -0.2) is 13.2 Å². The van der Waals surface area contributed by atoms with Gasteiger partial charge in [-0.2, -0.15) is 0 Å². The molecule has 2 rings (SSSR count). The minimum absolute atomic E-state index is 0.0767. The fourth-order valence-corrected chi connectivity index (χ4v) is 2.07. The van der Waals surface area contributed by atoms with Crippen LogP contribution in [-0.4, -0.2) is 19.5 Å². The highest BCUT2D eigenvalue weighted by molar-refractivity contribution is 5.91. The summed E-state index contributed by atoms with van der Waals surface area (Å²) >= 11 is 0. The van der Waals surface area contributed by atoms with E-state index in [2.05, 4.69) is 5.32 Å². The van der Waals surface area contributed by atoms with Crippen LogP contribution >= 0.6 is 0 Å². The lowest BCUT2D eigenvalue weighted by molar-refractivity contribution is -0.885. The third kappa shape index (κ3) is 4.60. The van der Waals surface area contributed by atoms with Crippen molar-refractivity contribution < 1.29 is 22.9 Å². The van der Waals surface area contributed by atoms with Crippen LogP contribution in [0.2, 0.25) is 0 Å². The highest BCUT2D eigenvalue weighted by Crippen LogP contribution is 2.14. The molecule has 0 bridgehead atoms. The molecule has 0 aliphatic heterocycles. The third-order valence-corrected chi connectivity index (χ3v) is 3.08. The molecule has 2 aromatic carbocycles. The number of benzene rings is 2. The van der Waals surface area contributed by atoms with Crippen LogP contribution < -0.4 is 10.2 Å². The van der Waals surface area contributed by atoms with Gasteiger partial charge >= 0.3 is 0 Å². The third-order valence-electron chi connectivity index (χ3n) is 3.08. The molecule has 0 spiro atoms. The monoisotopic (exact) mass is 309 g/mol. The summed E-state index contributed by atoms with van der Waals surface area (Å²) in [6.07, 6.45) is 0. The Labute approximate surface area is 126 Å². The zero-order valence-corrected chi connectivity index (χ0v) is 12.0. The lowest BCUT2D eigenvalue weighted by Crippen LogP contribution is -3.08. The SMILES string of the molecule is C[NH+](CC(=O)Nc1cc(F)ccc1F)Cc1ccc(F)cc1. The van der Waals surface area contributed by atoms with E-state index < -0.39 is 17.5 Å². The van der Waals surface area contributed by atoms with Crippen molar-refractivity contribution in [3.8, 4) is 0 Å². The van der Waals surface area contributed by atoms with E-state index in [1.807, 2.05) is 0 Å². The van der Waals surface area contributed by atoms with Crippen molar-refractivity contribution in [2.24, 2.45) is 0 Å². The summed E-state index contributed by atoms with van der Waals surface area (Å²) in [5.74, 6) is -2.06. The molecule has 2 N–H and O–H groups in total. The largest absolute Gasteiger partial charge is 0.326 e. The first-order chi connectivity index (χ1) is 10.4. The number of rotatable bonds is 5. The van der Waals surface area contributed by atoms with Crippen LogP contribution in [0.3, 0.4) is 0 Å². The Bertz CT molecular complexity index is 659. The predicted octanol–water partition coefficient (Wildman–Crippen LogP) is 1.76. The van der Waals surface area contributed by atoms with Crippen molar-refractivity contribution in [3.63, 3.8) is 0 Å². The molecule has 6 heteroatoms. The van der Waals surface area contributed by atoms with Gasteiger partial charge in [-0.3, -0.25) is 4.79 Å². The fraction of sp³-hybridized carbons (Fsp3) is 0.188. The number of nitrogens with one attached hydrogen (secondary N) is 2. The summed E-state index contributed by atoms with van der Waals surface area (Å²) in [6.45, 7) is 0.590. The number of hydrogen-bond donors (Lipinski definition) is 2. The average molecular weight is 309 g/mol. The Morgan fingerprint density at radius 1 is 1.05 bits per heavy atom. The van der Waals surface area contributed by atoms with Crippen LogP contribution in [-0.2, 0) is 11.3 Å². The van der Waals surface area contributed by atoms with Gasteiger partial charge in [0, 0.05) is 11.6 Å². The highest BCUT2D eigenvalue weighted by atomic mass is 19.1. The Morgan fingerprint density at radius 3 is 2.36 bits per heavy atom. The second kappa shape index (κ2) is 7.09. The molecule has 2 aromatic rings. The zero-order valence-electron chi connectivity index (χ0n) is 12.0. The normalized spacial score (nSPS) is 12.0. The summed E-state index contributed by atoms with van der Waals surface area (Å²) in [5.41, 5.74) is 0.697. The topological polar surface area (TPSA) is 33.5 Å². The molecule has 0 aromatic heterocycles. The lowest BCUT2D eigenvalue weighted by atomic mass is 10.2. The first kappa shape index (κ1) is 16.0. The summed E-state index contributed by atoms with van der Waals surface area (Å²) in [7, 11) is 1.78. The van der Waals surface area contributed by atoms with E-state index in [-0.39, 0.29) is 18.0 Å². The van der Waals surface area contributed by atoms with Gasteiger partial charge in [0.2, 0.25) is 0 Å². The van der Waals surface area contributed by atoms with E-state index in [0.29, 0.717) is 6.54 Å². The Morgan fingerprint density at radius 2 is 1.68 bits per heavy atom. The van der Waals surface area contributed by atoms with Gasteiger partial charge in [0.15, 0.2) is 6.54 Å².